The lowest BCUT2D eigenvalue weighted by Crippen LogP contribution is -2.60. The molecule has 1 aliphatic heterocycles. The van der Waals surface area contributed by atoms with E-state index in [2.05, 4.69) is 5.32 Å². The maximum Gasteiger partial charge on any atom is 0.328 e. The summed E-state index contributed by atoms with van der Waals surface area (Å²) in [5, 5.41) is 29.7. The number of aliphatic hydroxyl groups excluding tert-OH is 2. The number of rotatable bonds is 4. The first-order valence-corrected chi connectivity index (χ1v) is 6.41. The average molecular weight is 290 g/mol. The van der Waals surface area contributed by atoms with Crippen LogP contribution in [0.1, 0.15) is 20.8 Å². The normalized spacial score (nSPS) is 24.9. The van der Waals surface area contributed by atoms with Gasteiger partial charge in [-0.25, -0.2) is 9.59 Å². The molecule has 0 aromatic carbocycles. The molecule has 0 saturated carbocycles. The van der Waals surface area contributed by atoms with Crippen LogP contribution in [0.25, 0.3) is 0 Å². The number of carboxylic acids is 1. The van der Waals surface area contributed by atoms with E-state index in [0.29, 0.717) is 0 Å². The third kappa shape index (κ3) is 4.32. The minimum absolute atomic E-state index is 0.165. The second-order valence-corrected chi connectivity index (χ2v) is 5.57. The van der Waals surface area contributed by atoms with Crippen LogP contribution >= 0.6 is 0 Å². The van der Waals surface area contributed by atoms with Gasteiger partial charge in [-0.3, -0.25) is 0 Å². The Hall–Kier alpha value is -1.38. The maximum atomic E-state index is 12.1. The molecule has 20 heavy (non-hydrogen) atoms. The quantitative estimate of drug-likeness (QED) is 0.527. The summed E-state index contributed by atoms with van der Waals surface area (Å²) in [6, 6.07) is -1.98. The fraction of sp³-hybridized carbons (Fsp3) is 0.833. The van der Waals surface area contributed by atoms with Crippen LogP contribution in [0, 0.1) is 0 Å². The van der Waals surface area contributed by atoms with E-state index in [1.54, 1.807) is 13.8 Å². The first-order valence-electron chi connectivity index (χ1n) is 6.41. The number of morpholine rings is 1. The van der Waals surface area contributed by atoms with Gasteiger partial charge in [0.1, 0.15) is 0 Å². The van der Waals surface area contributed by atoms with E-state index < -0.39 is 35.9 Å². The summed E-state index contributed by atoms with van der Waals surface area (Å²) in [6.45, 7) is 5.04. The Morgan fingerprint density at radius 3 is 2.55 bits per heavy atom. The monoisotopic (exact) mass is 290 g/mol. The van der Waals surface area contributed by atoms with Crippen molar-refractivity contribution in [1.82, 2.24) is 10.2 Å². The van der Waals surface area contributed by atoms with Gasteiger partial charge in [-0.15, -0.1) is 0 Å². The van der Waals surface area contributed by atoms with Crippen LogP contribution in [0.4, 0.5) is 4.79 Å². The van der Waals surface area contributed by atoms with Gasteiger partial charge in [0.2, 0.25) is 0 Å². The zero-order chi connectivity index (χ0) is 15.5. The van der Waals surface area contributed by atoms with Gasteiger partial charge in [-0.1, -0.05) is 0 Å². The molecule has 0 spiro atoms. The number of nitrogens with zero attached hydrogens (tertiary/aromatic N) is 1. The summed E-state index contributed by atoms with van der Waals surface area (Å²) < 4.78 is 5.57. The highest BCUT2D eigenvalue weighted by Gasteiger charge is 2.37. The van der Waals surface area contributed by atoms with Crippen molar-refractivity contribution in [1.29, 1.82) is 0 Å². The number of aliphatic hydroxyl groups is 2. The molecule has 1 saturated heterocycles. The number of carbonyl (C=O) groups is 2. The Labute approximate surface area is 117 Å². The summed E-state index contributed by atoms with van der Waals surface area (Å²) in [7, 11) is 0. The molecule has 1 heterocycles. The van der Waals surface area contributed by atoms with Gasteiger partial charge in [0.15, 0.2) is 6.04 Å². The van der Waals surface area contributed by atoms with E-state index in [-0.39, 0.29) is 19.7 Å². The summed E-state index contributed by atoms with van der Waals surface area (Å²) in [4.78, 5) is 24.4. The van der Waals surface area contributed by atoms with Gasteiger partial charge in [0.25, 0.3) is 0 Å². The number of hydrogen-bond donors (Lipinski definition) is 4. The van der Waals surface area contributed by atoms with E-state index in [4.69, 9.17) is 14.9 Å². The summed E-state index contributed by atoms with van der Waals surface area (Å²) >= 11 is 0. The van der Waals surface area contributed by atoms with Crippen LogP contribution < -0.4 is 5.32 Å². The first-order chi connectivity index (χ1) is 9.16. The molecule has 1 rings (SSSR count). The van der Waals surface area contributed by atoms with Gasteiger partial charge < -0.3 is 30.3 Å². The second-order valence-electron chi connectivity index (χ2n) is 5.57. The lowest BCUT2D eigenvalue weighted by Gasteiger charge is -2.42. The zero-order valence-electron chi connectivity index (χ0n) is 11.9. The largest absolute Gasteiger partial charge is 0.480 e. The highest BCUT2D eigenvalue weighted by atomic mass is 16.5. The Balaban J connectivity index is 2.73. The summed E-state index contributed by atoms with van der Waals surface area (Å²) in [5.74, 6) is -1.31. The molecule has 0 bridgehead atoms. The van der Waals surface area contributed by atoms with Crippen molar-refractivity contribution in [3.63, 3.8) is 0 Å². The molecule has 1 unspecified atom stereocenters. The van der Waals surface area contributed by atoms with E-state index in [1.165, 1.54) is 11.8 Å². The minimum Gasteiger partial charge on any atom is -0.480 e. The number of ether oxygens (including phenoxy) is 1. The highest BCUT2D eigenvalue weighted by molar-refractivity contribution is 5.83. The van der Waals surface area contributed by atoms with Gasteiger partial charge in [-0.2, -0.15) is 0 Å². The average Bonchev–Trinajstić information content (AvgIpc) is 2.32. The number of aliphatic carboxylic acids is 1. The van der Waals surface area contributed by atoms with Crippen LogP contribution in [0.3, 0.4) is 0 Å². The second kappa shape index (κ2) is 6.38. The van der Waals surface area contributed by atoms with Crippen LogP contribution in [0.15, 0.2) is 0 Å². The molecule has 0 radical (unpaired) electrons. The molecule has 0 aromatic rings. The highest BCUT2D eigenvalue weighted by Crippen LogP contribution is 2.20. The fourth-order valence-electron chi connectivity index (χ4n) is 2.16. The number of nitrogens with one attached hydrogen (secondary N) is 1. The van der Waals surface area contributed by atoms with Crippen molar-refractivity contribution in [2.75, 3.05) is 19.7 Å². The van der Waals surface area contributed by atoms with E-state index in [1.807, 2.05) is 0 Å². The lowest BCUT2D eigenvalue weighted by molar-refractivity contribution is -0.143. The molecule has 1 aliphatic rings. The third-order valence-corrected chi connectivity index (χ3v) is 3.00. The van der Waals surface area contributed by atoms with Crippen molar-refractivity contribution in [3.8, 4) is 0 Å². The van der Waals surface area contributed by atoms with E-state index in [9.17, 15) is 14.7 Å². The van der Waals surface area contributed by atoms with Crippen LogP contribution in [-0.2, 0) is 9.53 Å². The van der Waals surface area contributed by atoms with Crippen molar-refractivity contribution >= 4 is 12.0 Å². The molecule has 4 N–H and O–H groups in total. The Bertz CT molecular complexity index is 371. The van der Waals surface area contributed by atoms with Gasteiger partial charge >= 0.3 is 12.0 Å². The standard InChI is InChI=1S/C12H22N2O6/c1-7(16)9(10(17)18)13-11(19)14-4-8(5-15)20-12(2,3)6-14/h7-9,15-16H,4-6H2,1-3H3,(H,13,19)(H,17,18)/t7-,8?,9+/m1/s1. The molecule has 3 atom stereocenters. The van der Waals surface area contributed by atoms with E-state index in [0.717, 1.165) is 0 Å². The lowest BCUT2D eigenvalue weighted by atomic mass is 10.1. The molecule has 0 aliphatic carbocycles. The SMILES string of the molecule is C[C@@H](O)[C@H](NC(=O)N1CC(CO)OC(C)(C)C1)C(=O)O. The van der Waals surface area contributed by atoms with Crippen molar-refractivity contribution in [2.24, 2.45) is 0 Å². The number of urea groups is 1. The van der Waals surface area contributed by atoms with Crippen LogP contribution in [0.2, 0.25) is 0 Å². The Morgan fingerprint density at radius 2 is 2.10 bits per heavy atom. The molecule has 2 amide bonds. The number of carbonyl (C=O) groups excluding carboxylic acids is 1. The molecular formula is C12H22N2O6. The zero-order valence-corrected chi connectivity index (χ0v) is 11.9. The van der Waals surface area contributed by atoms with Crippen molar-refractivity contribution in [2.45, 2.75) is 44.6 Å². The first kappa shape index (κ1) is 16.7. The summed E-state index contributed by atoms with van der Waals surface area (Å²) in [5.41, 5.74) is -0.632. The predicted octanol–water partition coefficient (Wildman–Crippen LogP) is -0.998. The number of carboxylic acid groups (broad SMARTS) is 1. The minimum atomic E-state index is -1.37. The van der Waals surface area contributed by atoms with Gasteiger partial charge in [-0.05, 0) is 20.8 Å². The van der Waals surface area contributed by atoms with Gasteiger partial charge in [0.05, 0.1) is 37.5 Å². The van der Waals surface area contributed by atoms with E-state index >= 15 is 0 Å². The molecule has 8 nitrogen and oxygen atoms in total. The van der Waals surface area contributed by atoms with Crippen LogP contribution in [-0.4, -0.2) is 75.8 Å². The smallest absolute Gasteiger partial charge is 0.328 e. The van der Waals surface area contributed by atoms with Crippen molar-refractivity contribution < 1.29 is 29.6 Å². The molecule has 0 aromatic heterocycles. The predicted molar refractivity (Wildman–Crippen MR) is 69.2 cm³/mol. The molecule has 1 fully saturated rings. The van der Waals surface area contributed by atoms with Crippen molar-refractivity contribution in [3.05, 3.63) is 0 Å². The molecule has 116 valence electrons. The molecule has 8 heteroatoms. The maximum absolute atomic E-state index is 12.1. The van der Waals surface area contributed by atoms with Gasteiger partial charge in [0, 0.05) is 0 Å². The molecular weight excluding hydrogens is 268 g/mol. The topological polar surface area (TPSA) is 119 Å². The fourth-order valence-corrected chi connectivity index (χ4v) is 2.16. The Kier molecular flexibility index (Phi) is 5.32. The van der Waals surface area contributed by atoms with Crippen LogP contribution in [0.5, 0.6) is 0 Å². The summed E-state index contributed by atoms with van der Waals surface area (Å²) in [6.07, 6.45) is -1.72. The number of amides is 2. The Morgan fingerprint density at radius 1 is 1.50 bits per heavy atom. The third-order valence-electron chi connectivity index (χ3n) is 3.00. The number of hydrogen-bond acceptors (Lipinski definition) is 5.